The Bertz CT molecular complexity index is 426. The Balaban J connectivity index is 2.90. The molecule has 0 spiro atoms. The number of carbonyl (C=O) groups excluding carboxylic acids is 1. The van der Waals surface area contributed by atoms with Gasteiger partial charge in [0.2, 0.25) is 0 Å². The highest BCUT2D eigenvalue weighted by Gasteiger charge is 2.11. The molecule has 1 aromatic carbocycles. The fourth-order valence-electron chi connectivity index (χ4n) is 1.12. The van der Waals surface area contributed by atoms with E-state index in [-0.39, 0.29) is 17.9 Å². The first-order valence-electron chi connectivity index (χ1n) is 4.69. The van der Waals surface area contributed by atoms with Crippen LogP contribution < -0.4 is 9.47 Å². The number of rotatable bonds is 5. The van der Waals surface area contributed by atoms with Crippen LogP contribution in [0, 0.1) is 0 Å². The molecule has 1 aromatic rings. The van der Waals surface area contributed by atoms with Crippen LogP contribution in [0.1, 0.15) is 10.4 Å². The minimum atomic E-state index is -1.09. The summed E-state index contributed by atoms with van der Waals surface area (Å²) < 4.78 is 14.5. The first-order valence-corrected chi connectivity index (χ1v) is 4.69. The lowest BCUT2D eigenvalue weighted by molar-refractivity contribution is -0.142. The normalized spacial score (nSPS) is 9.53. The second-order valence-electron chi connectivity index (χ2n) is 3.04. The molecule has 0 atom stereocenters. The average molecular weight is 240 g/mol. The van der Waals surface area contributed by atoms with Crippen LogP contribution in [-0.2, 0) is 9.53 Å². The van der Waals surface area contributed by atoms with Gasteiger partial charge in [-0.25, -0.2) is 9.59 Å². The molecule has 0 saturated heterocycles. The van der Waals surface area contributed by atoms with Crippen molar-refractivity contribution in [2.75, 3.05) is 20.8 Å². The van der Waals surface area contributed by atoms with Gasteiger partial charge in [0.15, 0.2) is 18.1 Å². The number of carboxylic acid groups (broad SMARTS) is 1. The highest BCUT2D eigenvalue weighted by Crippen LogP contribution is 2.28. The number of hydrogen-bond donors (Lipinski definition) is 1. The maximum absolute atomic E-state index is 10.9. The molecule has 17 heavy (non-hydrogen) atoms. The second-order valence-corrected chi connectivity index (χ2v) is 3.04. The number of benzene rings is 1. The molecule has 0 bridgehead atoms. The van der Waals surface area contributed by atoms with Crippen LogP contribution in [0.3, 0.4) is 0 Å². The molecule has 6 heteroatoms. The molecule has 1 rings (SSSR count). The van der Waals surface area contributed by atoms with Crippen molar-refractivity contribution in [3.63, 3.8) is 0 Å². The van der Waals surface area contributed by atoms with Crippen LogP contribution in [0.4, 0.5) is 0 Å². The van der Waals surface area contributed by atoms with E-state index >= 15 is 0 Å². The largest absolute Gasteiger partial charge is 0.493 e. The quantitative estimate of drug-likeness (QED) is 0.771. The van der Waals surface area contributed by atoms with Crippen molar-refractivity contribution in [3.05, 3.63) is 23.8 Å². The third-order valence-corrected chi connectivity index (χ3v) is 1.98. The number of methoxy groups -OCH3 is 2. The number of carbonyl (C=O) groups is 2. The highest BCUT2D eigenvalue weighted by atomic mass is 16.6. The zero-order valence-corrected chi connectivity index (χ0v) is 9.43. The molecule has 92 valence electrons. The molecule has 0 aliphatic carbocycles. The van der Waals surface area contributed by atoms with Gasteiger partial charge in [0.1, 0.15) is 0 Å². The van der Waals surface area contributed by atoms with Crippen LogP contribution in [-0.4, -0.2) is 37.9 Å². The summed E-state index contributed by atoms with van der Waals surface area (Å²) in [5, 5.41) is 8.81. The summed E-state index contributed by atoms with van der Waals surface area (Å²) in [5.41, 5.74) is 0.0469. The van der Waals surface area contributed by atoms with Crippen molar-refractivity contribution < 1.29 is 28.9 Å². The van der Waals surface area contributed by atoms with Crippen molar-refractivity contribution in [2.24, 2.45) is 0 Å². The van der Waals surface area contributed by atoms with E-state index in [1.165, 1.54) is 32.4 Å². The molecule has 0 saturated carbocycles. The number of ether oxygens (including phenoxy) is 3. The van der Waals surface area contributed by atoms with Crippen LogP contribution in [0.5, 0.6) is 11.5 Å². The van der Waals surface area contributed by atoms with Crippen LogP contribution in [0.15, 0.2) is 18.2 Å². The van der Waals surface area contributed by atoms with Gasteiger partial charge in [0.05, 0.1) is 19.8 Å². The topological polar surface area (TPSA) is 82.1 Å². The average Bonchev–Trinajstić information content (AvgIpc) is 2.35. The van der Waals surface area contributed by atoms with Gasteiger partial charge in [-0.15, -0.1) is 0 Å². The van der Waals surface area contributed by atoms with Crippen molar-refractivity contribution >= 4 is 11.9 Å². The minimum absolute atomic E-state index is 0.0469. The van der Waals surface area contributed by atoms with Crippen molar-refractivity contribution in [2.45, 2.75) is 0 Å². The van der Waals surface area contributed by atoms with Gasteiger partial charge in [-0.1, -0.05) is 0 Å². The SMILES string of the molecule is COC(=O)COc1cc(C(=O)O)ccc1OC. The first-order chi connectivity index (χ1) is 8.08. The Morgan fingerprint density at radius 1 is 1.24 bits per heavy atom. The zero-order valence-electron chi connectivity index (χ0n) is 9.43. The van der Waals surface area contributed by atoms with E-state index in [1.807, 2.05) is 0 Å². The molecule has 6 nitrogen and oxygen atoms in total. The maximum atomic E-state index is 10.9. The summed E-state index contributed by atoms with van der Waals surface area (Å²) in [6.07, 6.45) is 0. The molecular formula is C11H12O6. The maximum Gasteiger partial charge on any atom is 0.343 e. The van der Waals surface area contributed by atoms with Gasteiger partial charge >= 0.3 is 11.9 Å². The second kappa shape index (κ2) is 5.74. The number of esters is 1. The van der Waals surface area contributed by atoms with Gasteiger partial charge in [-0.05, 0) is 18.2 Å². The van der Waals surface area contributed by atoms with E-state index in [2.05, 4.69) is 4.74 Å². The van der Waals surface area contributed by atoms with Crippen LogP contribution in [0.2, 0.25) is 0 Å². The lowest BCUT2D eigenvalue weighted by Gasteiger charge is -2.10. The Morgan fingerprint density at radius 2 is 1.94 bits per heavy atom. The predicted octanol–water partition coefficient (Wildman–Crippen LogP) is 0.945. The number of hydrogen-bond acceptors (Lipinski definition) is 5. The van der Waals surface area contributed by atoms with Crippen LogP contribution in [0.25, 0.3) is 0 Å². The summed E-state index contributed by atoms with van der Waals surface area (Å²) in [5.74, 6) is -1.12. The first kappa shape index (κ1) is 12.8. The van der Waals surface area contributed by atoms with Gasteiger partial charge in [-0.3, -0.25) is 0 Å². The van der Waals surface area contributed by atoms with E-state index in [4.69, 9.17) is 14.6 Å². The third-order valence-electron chi connectivity index (χ3n) is 1.98. The Kier molecular flexibility index (Phi) is 4.33. The molecular weight excluding hydrogens is 228 g/mol. The fraction of sp³-hybridized carbons (Fsp3) is 0.273. The smallest absolute Gasteiger partial charge is 0.343 e. The lowest BCUT2D eigenvalue weighted by Crippen LogP contribution is -2.13. The Hall–Kier alpha value is -2.24. The van der Waals surface area contributed by atoms with E-state index in [1.54, 1.807) is 0 Å². The Morgan fingerprint density at radius 3 is 2.47 bits per heavy atom. The molecule has 0 radical (unpaired) electrons. The molecule has 0 heterocycles. The molecule has 0 aliphatic rings. The number of carboxylic acids is 1. The zero-order chi connectivity index (χ0) is 12.8. The fourth-order valence-corrected chi connectivity index (χ4v) is 1.12. The summed E-state index contributed by atoms with van der Waals surface area (Å²) >= 11 is 0. The summed E-state index contributed by atoms with van der Waals surface area (Å²) in [7, 11) is 2.65. The van der Waals surface area contributed by atoms with Crippen molar-refractivity contribution in [1.82, 2.24) is 0 Å². The summed E-state index contributed by atoms with van der Waals surface area (Å²) in [6, 6.07) is 4.12. The summed E-state index contributed by atoms with van der Waals surface area (Å²) in [4.78, 5) is 21.7. The number of aromatic carboxylic acids is 1. The molecule has 1 N–H and O–H groups in total. The van der Waals surface area contributed by atoms with E-state index in [0.717, 1.165) is 0 Å². The van der Waals surface area contributed by atoms with Crippen molar-refractivity contribution in [1.29, 1.82) is 0 Å². The molecule has 0 aromatic heterocycles. The predicted molar refractivity (Wildman–Crippen MR) is 57.5 cm³/mol. The molecule has 0 fully saturated rings. The Labute approximate surface area is 97.7 Å². The standard InChI is InChI=1S/C11H12O6/c1-15-8-4-3-7(11(13)14)5-9(8)17-6-10(12)16-2/h3-5H,6H2,1-2H3,(H,13,14). The van der Waals surface area contributed by atoms with Gasteiger partial charge in [0.25, 0.3) is 0 Å². The monoisotopic (exact) mass is 240 g/mol. The van der Waals surface area contributed by atoms with Gasteiger partial charge < -0.3 is 19.3 Å². The van der Waals surface area contributed by atoms with Gasteiger partial charge in [-0.2, -0.15) is 0 Å². The minimum Gasteiger partial charge on any atom is -0.493 e. The molecule has 0 aliphatic heterocycles. The van der Waals surface area contributed by atoms with Crippen molar-refractivity contribution in [3.8, 4) is 11.5 Å². The lowest BCUT2D eigenvalue weighted by atomic mass is 10.2. The summed E-state index contributed by atoms with van der Waals surface area (Å²) in [6.45, 7) is -0.310. The van der Waals surface area contributed by atoms with Crippen LogP contribution >= 0.6 is 0 Å². The molecule has 0 unspecified atom stereocenters. The van der Waals surface area contributed by atoms with E-state index in [9.17, 15) is 9.59 Å². The van der Waals surface area contributed by atoms with E-state index < -0.39 is 11.9 Å². The van der Waals surface area contributed by atoms with Gasteiger partial charge in [0, 0.05) is 0 Å². The van der Waals surface area contributed by atoms with E-state index in [0.29, 0.717) is 5.75 Å². The third kappa shape index (κ3) is 3.37. The highest BCUT2D eigenvalue weighted by molar-refractivity contribution is 5.88. The molecule has 0 amide bonds.